The number of aromatic nitrogens is 1. The lowest BCUT2D eigenvalue weighted by Gasteiger charge is -2.08. The molecule has 9 nitrogen and oxygen atoms in total. The number of amides is 3. The number of nitrogens with one attached hydrogen (secondary N) is 2. The van der Waals surface area contributed by atoms with Crippen molar-refractivity contribution in [2.24, 2.45) is 0 Å². The van der Waals surface area contributed by atoms with Crippen molar-refractivity contribution in [3.63, 3.8) is 0 Å². The van der Waals surface area contributed by atoms with Crippen LogP contribution in [0.1, 0.15) is 25.5 Å². The second kappa shape index (κ2) is 8.55. The highest BCUT2D eigenvalue weighted by atomic mass is 16.6. The first-order valence-electron chi connectivity index (χ1n) is 6.76. The first-order chi connectivity index (χ1) is 10.4. The van der Waals surface area contributed by atoms with Crippen LogP contribution in [0, 0.1) is 17.0 Å². The van der Waals surface area contributed by atoms with Gasteiger partial charge in [0.1, 0.15) is 5.69 Å². The number of hydrogen-bond donors (Lipinski definition) is 2. The average molecular weight is 310 g/mol. The Hall–Kier alpha value is -2.71. The van der Waals surface area contributed by atoms with Crippen LogP contribution in [-0.4, -0.2) is 35.0 Å². The van der Waals surface area contributed by atoms with Crippen molar-refractivity contribution in [1.29, 1.82) is 0 Å². The molecular formula is C13H18N4O5. The summed E-state index contributed by atoms with van der Waals surface area (Å²) in [7, 11) is 0. The highest BCUT2D eigenvalue weighted by Crippen LogP contribution is 2.24. The van der Waals surface area contributed by atoms with Gasteiger partial charge < -0.3 is 20.2 Å². The number of hydrogen-bond acceptors (Lipinski definition) is 6. The molecule has 0 aliphatic heterocycles. The standard InChI is InChI=1S/C13H18N4O5/c1-3-4-7-14-13(19)16-11(18)8-22-10-6-5-9(2)15-12(10)17(20)21/h5-6H,3-4,7-8H2,1-2H3,(H2,14,16,18,19). The Bertz CT molecular complexity index is 561. The highest BCUT2D eigenvalue weighted by molar-refractivity contribution is 5.95. The Morgan fingerprint density at radius 3 is 2.77 bits per heavy atom. The summed E-state index contributed by atoms with van der Waals surface area (Å²) >= 11 is 0. The maximum absolute atomic E-state index is 11.5. The molecule has 0 saturated heterocycles. The fourth-order valence-electron chi connectivity index (χ4n) is 1.50. The lowest BCUT2D eigenvalue weighted by Crippen LogP contribution is -2.41. The summed E-state index contributed by atoms with van der Waals surface area (Å²) in [5, 5.41) is 15.4. The normalized spacial score (nSPS) is 9.91. The van der Waals surface area contributed by atoms with E-state index >= 15 is 0 Å². The molecule has 2 N–H and O–H groups in total. The van der Waals surface area contributed by atoms with Crippen molar-refractivity contribution in [2.75, 3.05) is 13.2 Å². The van der Waals surface area contributed by atoms with Crippen LogP contribution in [0.4, 0.5) is 10.6 Å². The van der Waals surface area contributed by atoms with Gasteiger partial charge in [0.2, 0.25) is 5.75 Å². The predicted molar refractivity (Wildman–Crippen MR) is 77.6 cm³/mol. The van der Waals surface area contributed by atoms with Crippen LogP contribution in [0.5, 0.6) is 5.75 Å². The van der Waals surface area contributed by atoms with Crippen LogP contribution in [0.3, 0.4) is 0 Å². The zero-order valence-corrected chi connectivity index (χ0v) is 12.4. The zero-order chi connectivity index (χ0) is 16.5. The van der Waals surface area contributed by atoms with Gasteiger partial charge in [0, 0.05) is 13.5 Å². The molecule has 0 unspecified atom stereocenters. The molecule has 1 rings (SSSR count). The third kappa shape index (κ3) is 5.73. The Morgan fingerprint density at radius 2 is 2.14 bits per heavy atom. The molecule has 120 valence electrons. The SMILES string of the molecule is CCCCNC(=O)NC(=O)COc1ccc(C)nc1[N+](=O)[O-]. The molecule has 1 aromatic heterocycles. The average Bonchev–Trinajstić information content (AvgIpc) is 2.46. The summed E-state index contributed by atoms with van der Waals surface area (Å²) < 4.78 is 5.05. The Kier molecular flexibility index (Phi) is 6.74. The monoisotopic (exact) mass is 310 g/mol. The Balaban J connectivity index is 2.51. The molecule has 0 aliphatic carbocycles. The molecule has 0 fully saturated rings. The van der Waals surface area contributed by atoms with E-state index in [9.17, 15) is 19.7 Å². The van der Waals surface area contributed by atoms with E-state index in [2.05, 4.69) is 15.6 Å². The largest absolute Gasteiger partial charge is 0.476 e. The minimum atomic E-state index is -0.705. The number of nitrogens with zero attached hydrogens (tertiary/aromatic N) is 2. The fourth-order valence-corrected chi connectivity index (χ4v) is 1.50. The Labute approximate surface area is 127 Å². The molecule has 0 aromatic carbocycles. The number of unbranched alkanes of at least 4 members (excludes halogenated alkanes) is 1. The van der Waals surface area contributed by atoms with Crippen molar-refractivity contribution >= 4 is 17.8 Å². The summed E-state index contributed by atoms with van der Waals surface area (Å²) in [4.78, 5) is 36.7. The molecule has 0 bridgehead atoms. The third-order valence-corrected chi connectivity index (χ3v) is 2.58. The van der Waals surface area contributed by atoms with E-state index in [1.807, 2.05) is 6.92 Å². The number of rotatable bonds is 7. The number of imide groups is 1. The van der Waals surface area contributed by atoms with Crippen LogP contribution in [0.15, 0.2) is 12.1 Å². The van der Waals surface area contributed by atoms with Gasteiger partial charge in [-0.3, -0.25) is 10.1 Å². The zero-order valence-electron chi connectivity index (χ0n) is 12.4. The number of carbonyl (C=O) groups excluding carboxylic acids is 2. The minimum Gasteiger partial charge on any atom is -0.476 e. The Morgan fingerprint density at radius 1 is 1.41 bits per heavy atom. The quantitative estimate of drug-likeness (QED) is 0.444. The van der Waals surface area contributed by atoms with E-state index in [4.69, 9.17) is 4.74 Å². The van der Waals surface area contributed by atoms with Crippen molar-refractivity contribution in [3.05, 3.63) is 27.9 Å². The number of urea groups is 1. The summed E-state index contributed by atoms with van der Waals surface area (Å²) in [6.45, 7) is 3.52. The maximum Gasteiger partial charge on any atom is 0.406 e. The lowest BCUT2D eigenvalue weighted by atomic mass is 10.3. The van der Waals surface area contributed by atoms with Gasteiger partial charge >= 0.3 is 11.8 Å². The number of aryl methyl sites for hydroxylation is 1. The van der Waals surface area contributed by atoms with Crippen LogP contribution in [-0.2, 0) is 4.79 Å². The molecule has 0 radical (unpaired) electrons. The van der Waals surface area contributed by atoms with E-state index in [0.29, 0.717) is 12.2 Å². The van der Waals surface area contributed by atoms with Gasteiger partial charge in [-0.25, -0.2) is 4.79 Å². The van der Waals surface area contributed by atoms with Crippen molar-refractivity contribution in [2.45, 2.75) is 26.7 Å². The number of carbonyl (C=O) groups is 2. The molecule has 0 aliphatic rings. The van der Waals surface area contributed by atoms with Crippen molar-refractivity contribution in [3.8, 4) is 5.75 Å². The molecule has 0 spiro atoms. The molecule has 1 aromatic rings. The van der Waals surface area contributed by atoms with E-state index < -0.39 is 29.3 Å². The molecule has 0 atom stereocenters. The van der Waals surface area contributed by atoms with Crippen LogP contribution >= 0.6 is 0 Å². The second-order valence-electron chi connectivity index (χ2n) is 4.48. The van der Waals surface area contributed by atoms with Crippen molar-refractivity contribution < 1.29 is 19.2 Å². The minimum absolute atomic E-state index is 0.128. The predicted octanol–water partition coefficient (Wildman–Crippen LogP) is 1.30. The van der Waals surface area contributed by atoms with E-state index in [1.165, 1.54) is 12.1 Å². The van der Waals surface area contributed by atoms with Gasteiger partial charge in [-0.15, -0.1) is 0 Å². The van der Waals surface area contributed by atoms with E-state index in [1.54, 1.807) is 6.92 Å². The summed E-state index contributed by atoms with van der Waals surface area (Å²) in [5.74, 6) is -1.30. The van der Waals surface area contributed by atoms with Crippen LogP contribution in [0.2, 0.25) is 0 Å². The second-order valence-corrected chi connectivity index (χ2v) is 4.48. The van der Waals surface area contributed by atoms with Gasteiger partial charge in [0.15, 0.2) is 6.61 Å². The van der Waals surface area contributed by atoms with Gasteiger partial charge in [0.05, 0.1) is 0 Å². The van der Waals surface area contributed by atoms with Gasteiger partial charge in [-0.05, 0) is 28.5 Å². The maximum atomic E-state index is 11.5. The summed E-state index contributed by atoms with van der Waals surface area (Å²) in [6, 6.07) is 2.26. The molecular weight excluding hydrogens is 292 g/mol. The third-order valence-electron chi connectivity index (χ3n) is 2.58. The topological polar surface area (TPSA) is 123 Å². The van der Waals surface area contributed by atoms with Crippen LogP contribution in [0.25, 0.3) is 0 Å². The number of pyridine rings is 1. The molecule has 3 amide bonds. The number of nitro groups is 1. The van der Waals surface area contributed by atoms with Crippen molar-refractivity contribution in [1.82, 2.24) is 15.6 Å². The smallest absolute Gasteiger partial charge is 0.406 e. The lowest BCUT2D eigenvalue weighted by molar-refractivity contribution is -0.390. The fraction of sp³-hybridized carbons (Fsp3) is 0.462. The molecule has 0 saturated carbocycles. The van der Waals surface area contributed by atoms with Gasteiger partial charge in [-0.2, -0.15) is 0 Å². The van der Waals surface area contributed by atoms with Crippen LogP contribution < -0.4 is 15.4 Å². The number of ether oxygens (including phenoxy) is 1. The van der Waals surface area contributed by atoms with E-state index in [0.717, 1.165) is 12.8 Å². The van der Waals surface area contributed by atoms with Gasteiger partial charge in [-0.1, -0.05) is 13.3 Å². The summed E-state index contributed by atoms with van der Waals surface area (Å²) in [6.07, 6.45) is 1.72. The molecule has 1 heterocycles. The van der Waals surface area contributed by atoms with E-state index in [-0.39, 0.29) is 5.75 Å². The first kappa shape index (κ1) is 17.3. The highest BCUT2D eigenvalue weighted by Gasteiger charge is 2.19. The van der Waals surface area contributed by atoms with Gasteiger partial charge in [0.25, 0.3) is 5.91 Å². The molecule has 9 heteroatoms. The summed E-state index contributed by atoms with van der Waals surface area (Å²) in [5.41, 5.74) is 0.457. The molecule has 22 heavy (non-hydrogen) atoms. The first-order valence-corrected chi connectivity index (χ1v) is 6.76.